The van der Waals surface area contributed by atoms with Crippen molar-refractivity contribution < 1.29 is 71.3 Å². The highest BCUT2D eigenvalue weighted by molar-refractivity contribution is 5.96. The number of hydrogen-bond acceptors (Lipinski definition) is 17. The van der Waals surface area contributed by atoms with Crippen LogP contribution in [-0.2, 0) is 66.5 Å². The quantitative estimate of drug-likeness (QED) is 0.201. The van der Waals surface area contributed by atoms with Crippen molar-refractivity contribution in [1.82, 2.24) is 14.5 Å². The van der Waals surface area contributed by atoms with Crippen LogP contribution in [0.5, 0.6) is 0 Å². The zero-order valence-corrected chi connectivity index (χ0v) is 40.6. The van der Waals surface area contributed by atoms with Crippen LogP contribution in [0.15, 0.2) is 30.4 Å². The van der Waals surface area contributed by atoms with Crippen LogP contribution in [0.25, 0.3) is 0 Å². The molecule has 0 spiro atoms. The second-order valence-electron chi connectivity index (χ2n) is 18.7. The number of imidazole rings is 1. The molecule has 16 atom stereocenters. The standard InChI is InChI=1S/C46H73N3O15/c1-17-34-44(10,64-43(54)49-19-18-47-24-49)21-25(2)36(52)26(3)22-45(11,55-15)39(63-42-38(59-31(8)50)33(48(13)14)20-27(4)57-42)28(5)37(29(6)41(53)61-34)62-35-23-46(12,56-16)40(30(7)58-35)60-32(9)51/h18-19,21,24,26-30,33-35,37-40,42H,17,20,22-23H2,1-16H3/b25-21+/t26-,27?,28?,29?,30?,33?,34?,35+,37?,38-,39-,40+,42?,44+,45+,46-/m1/s1. The fourth-order valence-electron chi connectivity index (χ4n) is 9.64. The first-order valence-electron chi connectivity index (χ1n) is 22.2. The van der Waals surface area contributed by atoms with Crippen molar-refractivity contribution in [2.24, 2.45) is 17.8 Å². The molecule has 0 amide bonds. The highest BCUT2D eigenvalue weighted by Crippen LogP contribution is 2.42. The fourth-order valence-corrected chi connectivity index (χ4v) is 9.64. The number of Topliss-reactive ketones (excluding diaryl/α,β-unsaturated/α-hetero) is 1. The van der Waals surface area contributed by atoms with Crippen LogP contribution in [0.4, 0.5) is 4.79 Å². The molecule has 2 fully saturated rings. The number of rotatable bonds is 11. The zero-order chi connectivity index (χ0) is 48.1. The molecule has 2 saturated heterocycles. The van der Waals surface area contributed by atoms with Crippen molar-refractivity contribution in [1.29, 1.82) is 0 Å². The van der Waals surface area contributed by atoms with Crippen LogP contribution in [0.3, 0.4) is 0 Å². The van der Waals surface area contributed by atoms with E-state index in [4.69, 9.17) is 47.4 Å². The van der Waals surface area contributed by atoms with E-state index >= 15 is 0 Å². The summed E-state index contributed by atoms with van der Waals surface area (Å²) in [6, 6.07) is -0.299. The fraction of sp³-hybridized carbons (Fsp3) is 0.783. The Balaban J connectivity index is 1.93. The Hall–Kier alpha value is -3.78. The molecule has 18 heteroatoms. The number of carbonyl (C=O) groups excluding carboxylic acids is 5. The number of carbonyl (C=O) groups is 5. The Morgan fingerprint density at radius 3 is 2.06 bits per heavy atom. The van der Waals surface area contributed by atoms with Gasteiger partial charge in [0.2, 0.25) is 0 Å². The van der Waals surface area contributed by atoms with Crippen molar-refractivity contribution in [3.63, 3.8) is 0 Å². The lowest BCUT2D eigenvalue weighted by Gasteiger charge is -2.50. The predicted octanol–water partition coefficient (Wildman–Crippen LogP) is 5.42. The first kappa shape index (κ1) is 52.8. The smallest absolute Gasteiger partial charge is 0.420 e. The van der Waals surface area contributed by atoms with Crippen LogP contribution in [0.2, 0.25) is 0 Å². The number of ketones is 1. The minimum Gasteiger partial charge on any atom is -0.457 e. The van der Waals surface area contributed by atoms with Crippen LogP contribution < -0.4 is 0 Å². The molecular formula is C46H73N3O15. The lowest BCUT2D eigenvalue weighted by atomic mass is 9.76. The first-order chi connectivity index (χ1) is 29.8. The van der Waals surface area contributed by atoms with Crippen LogP contribution in [0.1, 0.15) is 109 Å². The third-order valence-corrected chi connectivity index (χ3v) is 13.1. The molecule has 8 unspecified atom stereocenters. The average molecular weight is 908 g/mol. The van der Waals surface area contributed by atoms with Gasteiger partial charge in [-0.2, -0.15) is 0 Å². The number of nitrogens with zero attached hydrogens (tertiary/aromatic N) is 3. The zero-order valence-electron chi connectivity index (χ0n) is 40.6. The summed E-state index contributed by atoms with van der Waals surface area (Å²) in [6.45, 7) is 20.2. The summed E-state index contributed by atoms with van der Waals surface area (Å²) < 4.78 is 64.5. The molecular weight excluding hydrogens is 835 g/mol. The van der Waals surface area contributed by atoms with Gasteiger partial charge in [0.15, 0.2) is 36.2 Å². The number of cyclic esters (lactones) is 1. The maximum Gasteiger partial charge on any atom is 0.420 e. The van der Waals surface area contributed by atoms with Gasteiger partial charge >= 0.3 is 24.0 Å². The van der Waals surface area contributed by atoms with E-state index in [0.29, 0.717) is 6.42 Å². The van der Waals surface area contributed by atoms with E-state index in [1.54, 1.807) is 48.5 Å². The lowest BCUT2D eigenvalue weighted by Crippen LogP contribution is -2.61. The molecule has 1 aromatic rings. The molecule has 4 rings (SSSR count). The summed E-state index contributed by atoms with van der Waals surface area (Å²) in [4.78, 5) is 73.6. The Bertz CT molecular complexity index is 1810. The minimum atomic E-state index is -1.63. The van der Waals surface area contributed by atoms with E-state index in [1.165, 1.54) is 52.9 Å². The average Bonchev–Trinajstić information content (AvgIpc) is 3.77. The lowest BCUT2D eigenvalue weighted by molar-refractivity contribution is -0.320. The Morgan fingerprint density at radius 1 is 0.891 bits per heavy atom. The maximum atomic E-state index is 14.8. The number of esters is 3. The molecule has 1 aromatic heterocycles. The van der Waals surface area contributed by atoms with Crippen LogP contribution in [0, 0.1) is 17.8 Å². The van der Waals surface area contributed by atoms with Crippen molar-refractivity contribution >= 4 is 29.8 Å². The molecule has 0 bridgehead atoms. The summed E-state index contributed by atoms with van der Waals surface area (Å²) in [6.07, 6.45) is -2.27. The molecule has 0 N–H and O–H groups in total. The summed E-state index contributed by atoms with van der Waals surface area (Å²) in [5, 5.41) is 0. The number of aromatic nitrogens is 2. The molecule has 18 nitrogen and oxygen atoms in total. The predicted molar refractivity (Wildman–Crippen MR) is 231 cm³/mol. The molecule has 3 aliphatic rings. The number of hydrogen-bond donors (Lipinski definition) is 0. The van der Waals surface area contributed by atoms with Gasteiger partial charge in [-0.15, -0.1) is 0 Å². The second kappa shape index (κ2) is 21.7. The van der Waals surface area contributed by atoms with E-state index in [9.17, 15) is 24.0 Å². The minimum absolute atomic E-state index is 0.0849. The van der Waals surface area contributed by atoms with Crippen molar-refractivity contribution in [3.8, 4) is 0 Å². The summed E-state index contributed by atoms with van der Waals surface area (Å²) in [7, 11) is 6.80. The van der Waals surface area contributed by atoms with Gasteiger partial charge in [-0.25, -0.2) is 14.3 Å². The van der Waals surface area contributed by atoms with E-state index < -0.39 is 108 Å². The normalized spacial score (nSPS) is 40.1. The number of ether oxygens (including phenoxy) is 10. The molecule has 0 saturated carbocycles. The molecule has 0 aliphatic carbocycles. The third kappa shape index (κ3) is 12.2. The van der Waals surface area contributed by atoms with Crippen molar-refractivity contribution in [3.05, 3.63) is 30.4 Å². The number of allylic oxidation sites excluding steroid dienone is 1. The summed E-state index contributed by atoms with van der Waals surface area (Å²) >= 11 is 0. The van der Waals surface area contributed by atoms with Gasteiger partial charge in [-0.3, -0.25) is 19.2 Å². The van der Waals surface area contributed by atoms with Crippen molar-refractivity contribution in [2.45, 2.75) is 187 Å². The van der Waals surface area contributed by atoms with E-state index in [-0.39, 0.29) is 42.8 Å². The highest BCUT2D eigenvalue weighted by Gasteiger charge is 2.54. The Labute approximate surface area is 378 Å². The molecule has 3 aliphatic heterocycles. The van der Waals surface area contributed by atoms with Gasteiger partial charge in [-0.1, -0.05) is 20.8 Å². The second-order valence-corrected chi connectivity index (χ2v) is 18.7. The Kier molecular flexibility index (Phi) is 17.9. The molecule has 0 aromatic carbocycles. The van der Waals surface area contributed by atoms with Gasteiger partial charge in [0.1, 0.15) is 18.0 Å². The summed E-state index contributed by atoms with van der Waals surface area (Å²) in [5.74, 6) is -4.59. The van der Waals surface area contributed by atoms with Gasteiger partial charge in [0.05, 0.1) is 42.0 Å². The van der Waals surface area contributed by atoms with Crippen molar-refractivity contribution in [2.75, 3.05) is 28.3 Å². The maximum absolute atomic E-state index is 14.8. The van der Waals surface area contributed by atoms with Crippen LogP contribution in [-0.4, -0.2) is 151 Å². The molecule has 4 heterocycles. The van der Waals surface area contributed by atoms with Gasteiger partial charge in [0.25, 0.3) is 0 Å². The first-order valence-corrected chi connectivity index (χ1v) is 22.2. The van der Waals surface area contributed by atoms with E-state index in [1.807, 2.05) is 39.8 Å². The Morgan fingerprint density at radius 2 is 1.52 bits per heavy atom. The van der Waals surface area contributed by atoms with E-state index in [0.717, 1.165) is 4.57 Å². The van der Waals surface area contributed by atoms with Gasteiger partial charge in [-0.05, 0) is 93.5 Å². The highest BCUT2D eigenvalue weighted by atomic mass is 16.7. The number of likely N-dealkylation sites (N-methyl/N-ethyl adjacent to an activating group) is 1. The van der Waals surface area contributed by atoms with Crippen LogP contribution >= 0.6 is 0 Å². The molecule has 0 radical (unpaired) electrons. The summed E-state index contributed by atoms with van der Waals surface area (Å²) in [5.41, 5.74) is -3.75. The third-order valence-electron chi connectivity index (χ3n) is 13.1. The van der Waals surface area contributed by atoms with E-state index in [2.05, 4.69) is 4.98 Å². The monoisotopic (exact) mass is 908 g/mol. The topological polar surface area (TPSA) is 199 Å². The van der Waals surface area contributed by atoms with Gasteiger partial charge in [0, 0.05) is 58.7 Å². The molecule has 362 valence electrons. The van der Waals surface area contributed by atoms with Gasteiger partial charge < -0.3 is 52.3 Å². The SMILES string of the molecule is CCC1OC(=O)C(C)C(O[C@H]2C[C@@](C)(OC)[C@@H](OC(C)=O)C(C)O2)C(C)[C@@H](OC2OC(C)CC(N(C)C)[C@H]2OC(C)=O)[C@@](C)(OC)C[C@@H](C)C(=O)/C(C)=C/[C@]1(C)OC(=O)n1ccnc1. The number of methoxy groups -OCH3 is 2. The largest absolute Gasteiger partial charge is 0.457 e. The molecule has 64 heavy (non-hydrogen) atoms.